The molecular formula is C10H12FN3. The summed E-state index contributed by atoms with van der Waals surface area (Å²) in [5, 5.41) is 4.99. The Labute approximate surface area is 81.3 Å². The molecule has 0 amide bonds. The van der Waals surface area contributed by atoms with E-state index in [0.717, 1.165) is 10.9 Å². The molecule has 1 aromatic heterocycles. The lowest BCUT2D eigenvalue weighted by Crippen LogP contribution is -2.09. The van der Waals surface area contributed by atoms with Crippen LogP contribution in [-0.2, 0) is 7.05 Å². The highest BCUT2D eigenvalue weighted by Crippen LogP contribution is 2.25. The first-order chi connectivity index (χ1) is 6.61. The van der Waals surface area contributed by atoms with E-state index in [0.29, 0.717) is 5.56 Å². The highest BCUT2D eigenvalue weighted by atomic mass is 19.1. The molecule has 0 saturated carbocycles. The Hall–Kier alpha value is -1.42. The standard InChI is InChI=1S/C10H12FN3/c1-6(12)9-8(11)4-3-7-5-13-14(2)10(7)9/h3-6H,12H2,1-2H3. The highest BCUT2D eigenvalue weighted by molar-refractivity contribution is 5.82. The molecule has 0 saturated heterocycles. The molecule has 0 aliphatic carbocycles. The number of hydrogen-bond acceptors (Lipinski definition) is 2. The molecule has 0 bridgehead atoms. The average Bonchev–Trinajstić information content (AvgIpc) is 2.47. The smallest absolute Gasteiger partial charge is 0.130 e. The largest absolute Gasteiger partial charge is 0.324 e. The molecule has 4 heteroatoms. The second-order valence-electron chi connectivity index (χ2n) is 3.46. The van der Waals surface area contributed by atoms with E-state index in [-0.39, 0.29) is 11.9 Å². The lowest BCUT2D eigenvalue weighted by Gasteiger charge is -2.09. The lowest BCUT2D eigenvalue weighted by atomic mass is 10.1. The number of aromatic nitrogens is 2. The molecule has 0 fully saturated rings. The van der Waals surface area contributed by atoms with Crippen molar-refractivity contribution in [3.63, 3.8) is 0 Å². The van der Waals surface area contributed by atoms with Crippen molar-refractivity contribution in [3.05, 3.63) is 29.7 Å². The molecule has 0 radical (unpaired) electrons. The number of fused-ring (bicyclic) bond motifs is 1. The number of hydrogen-bond donors (Lipinski definition) is 1. The number of rotatable bonds is 1. The normalized spacial score (nSPS) is 13.4. The molecule has 0 aliphatic heterocycles. The predicted molar refractivity (Wildman–Crippen MR) is 53.3 cm³/mol. The molecule has 74 valence electrons. The van der Waals surface area contributed by atoms with Crippen molar-refractivity contribution in [2.45, 2.75) is 13.0 Å². The second-order valence-corrected chi connectivity index (χ2v) is 3.46. The quantitative estimate of drug-likeness (QED) is 0.749. The van der Waals surface area contributed by atoms with Gasteiger partial charge < -0.3 is 5.73 Å². The predicted octanol–water partition coefficient (Wildman–Crippen LogP) is 1.73. The number of benzene rings is 1. The monoisotopic (exact) mass is 193 g/mol. The van der Waals surface area contributed by atoms with E-state index in [1.807, 2.05) is 0 Å². The molecule has 0 spiro atoms. The topological polar surface area (TPSA) is 43.8 Å². The third-order valence-electron chi connectivity index (χ3n) is 2.34. The summed E-state index contributed by atoms with van der Waals surface area (Å²) in [6, 6.07) is 2.82. The Morgan fingerprint density at radius 2 is 2.21 bits per heavy atom. The Morgan fingerprint density at radius 1 is 1.50 bits per heavy atom. The minimum Gasteiger partial charge on any atom is -0.324 e. The Morgan fingerprint density at radius 3 is 2.86 bits per heavy atom. The van der Waals surface area contributed by atoms with Crippen molar-refractivity contribution >= 4 is 10.9 Å². The summed E-state index contributed by atoms with van der Waals surface area (Å²) in [5.74, 6) is -0.267. The molecule has 3 nitrogen and oxygen atoms in total. The number of halogens is 1. The molecule has 1 unspecified atom stereocenters. The molecule has 1 atom stereocenters. The van der Waals surface area contributed by atoms with Crippen molar-refractivity contribution in [2.24, 2.45) is 12.8 Å². The van der Waals surface area contributed by atoms with Gasteiger partial charge in [-0.15, -0.1) is 0 Å². The van der Waals surface area contributed by atoms with Crippen molar-refractivity contribution < 1.29 is 4.39 Å². The van der Waals surface area contributed by atoms with Crippen molar-refractivity contribution in [3.8, 4) is 0 Å². The van der Waals surface area contributed by atoms with Crippen LogP contribution in [0.2, 0.25) is 0 Å². The maximum atomic E-state index is 13.5. The van der Waals surface area contributed by atoms with Crippen LogP contribution in [0.4, 0.5) is 4.39 Å². The number of nitrogens with zero attached hydrogens (tertiary/aromatic N) is 2. The van der Waals surface area contributed by atoms with Gasteiger partial charge in [0.1, 0.15) is 5.82 Å². The van der Waals surface area contributed by atoms with Crippen LogP contribution in [0.1, 0.15) is 18.5 Å². The zero-order chi connectivity index (χ0) is 10.3. The van der Waals surface area contributed by atoms with E-state index in [4.69, 9.17) is 5.73 Å². The first-order valence-electron chi connectivity index (χ1n) is 4.47. The summed E-state index contributed by atoms with van der Waals surface area (Å²) in [5.41, 5.74) is 7.04. The van der Waals surface area contributed by atoms with Crippen LogP contribution in [0.15, 0.2) is 18.3 Å². The van der Waals surface area contributed by atoms with Crippen LogP contribution < -0.4 is 5.73 Å². The first kappa shape index (κ1) is 9.15. The summed E-state index contributed by atoms with van der Waals surface area (Å²) in [6.45, 7) is 1.77. The molecule has 1 heterocycles. The Bertz CT molecular complexity index is 473. The Kier molecular flexibility index (Phi) is 2.00. The number of nitrogens with two attached hydrogens (primary N) is 1. The lowest BCUT2D eigenvalue weighted by molar-refractivity contribution is 0.594. The van der Waals surface area contributed by atoms with Gasteiger partial charge in [0.15, 0.2) is 0 Å². The van der Waals surface area contributed by atoms with Gasteiger partial charge in [-0.05, 0) is 19.1 Å². The van der Waals surface area contributed by atoms with Crippen LogP contribution in [0.5, 0.6) is 0 Å². The van der Waals surface area contributed by atoms with E-state index in [1.54, 1.807) is 30.9 Å². The molecule has 14 heavy (non-hydrogen) atoms. The Balaban J connectivity index is 2.87. The highest BCUT2D eigenvalue weighted by Gasteiger charge is 2.14. The molecule has 0 aliphatic rings. The maximum absolute atomic E-state index is 13.5. The fourth-order valence-corrected chi connectivity index (χ4v) is 1.71. The molecule has 2 aromatic rings. The van der Waals surface area contributed by atoms with Crippen molar-refractivity contribution in [1.82, 2.24) is 9.78 Å². The minimum absolute atomic E-state index is 0.267. The fraction of sp³-hybridized carbons (Fsp3) is 0.300. The van der Waals surface area contributed by atoms with Crippen LogP contribution >= 0.6 is 0 Å². The van der Waals surface area contributed by atoms with E-state index in [9.17, 15) is 4.39 Å². The van der Waals surface area contributed by atoms with Crippen molar-refractivity contribution in [2.75, 3.05) is 0 Å². The zero-order valence-corrected chi connectivity index (χ0v) is 8.16. The molecule has 1 aromatic carbocycles. The molecule has 2 rings (SSSR count). The van der Waals surface area contributed by atoms with Gasteiger partial charge in [-0.25, -0.2) is 4.39 Å². The third kappa shape index (κ3) is 1.19. The van der Waals surface area contributed by atoms with E-state index >= 15 is 0 Å². The average molecular weight is 193 g/mol. The van der Waals surface area contributed by atoms with Gasteiger partial charge >= 0.3 is 0 Å². The van der Waals surface area contributed by atoms with Gasteiger partial charge in [0, 0.05) is 24.0 Å². The summed E-state index contributed by atoms with van der Waals surface area (Å²) < 4.78 is 15.2. The maximum Gasteiger partial charge on any atom is 0.130 e. The fourth-order valence-electron chi connectivity index (χ4n) is 1.71. The molecule has 2 N–H and O–H groups in total. The van der Waals surface area contributed by atoms with Gasteiger partial charge in [0.05, 0.1) is 11.7 Å². The summed E-state index contributed by atoms with van der Waals surface area (Å²) in [6.07, 6.45) is 1.71. The third-order valence-corrected chi connectivity index (χ3v) is 2.34. The summed E-state index contributed by atoms with van der Waals surface area (Å²) in [4.78, 5) is 0. The summed E-state index contributed by atoms with van der Waals surface area (Å²) in [7, 11) is 1.79. The van der Waals surface area contributed by atoms with Gasteiger partial charge in [0.2, 0.25) is 0 Å². The summed E-state index contributed by atoms with van der Waals surface area (Å²) >= 11 is 0. The van der Waals surface area contributed by atoms with E-state index < -0.39 is 0 Å². The van der Waals surface area contributed by atoms with Gasteiger partial charge in [-0.1, -0.05) is 0 Å². The minimum atomic E-state index is -0.325. The van der Waals surface area contributed by atoms with Gasteiger partial charge in [-0.3, -0.25) is 4.68 Å². The number of aryl methyl sites for hydroxylation is 1. The van der Waals surface area contributed by atoms with Crippen LogP contribution in [-0.4, -0.2) is 9.78 Å². The zero-order valence-electron chi connectivity index (χ0n) is 8.16. The van der Waals surface area contributed by atoms with Crippen molar-refractivity contribution in [1.29, 1.82) is 0 Å². The SMILES string of the molecule is CC(N)c1c(F)ccc2cnn(C)c12. The second kappa shape index (κ2) is 3.06. The van der Waals surface area contributed by atoms with Gasteiger partial charge in [-0.2, -0.15) is 5.10 Å². The van der Waals surface area contributed by atoms with Crippen LogP contribution in [0.25, 0.3) is 10.9 Å². The van der Waals surface area contributed by atoms with Gasteiger partial charge in [0.25, 0.3) is 0 Å². The van der Waals surface area contributed by atoms with E-state index in [1.165, 1.54) is 6.07 Å². The first-order valence-corrected chi connectivity index (χ1v) is 4.47. The van der Waals surface area contributed by atoms with E-state index in [2.05, 4.69) is 5.10 Å². The van der Waals surface area contributed by atoms with Crippen LogP contribution in [0.3, 0.4) is 0 Å². The van der Waals surface area contributed by atoms with Crippen LogP contribution in [0, 0.1) is 5.82 Å². The molecular weight excluding hydrogens is 181 g/mol.